The molecule has 10 atom stereocenters. The van der Waals surface area contributed by atoms with Gasteiger partial charge in [-0.25, -0.2) is 0 Å². The third kappa shape index (κ3) is 13.0. The number of carbonyl (C=O) groups excluding carboxylic acids is 3. The smallest absolute Gasteiger partial charge is 0.303 e. The third-order valence-electron chi connectivity index (χ3n) is 9.78. The normalized spacial score (nSPS) is 25.6. The second kappa shape index (κ2) is 22.5. The molecule has 0 aromatic heterocycles. The van der Waals surface area contributed by atoms with Gasteiger partial charge in [0.25, 0.3) is 0 Å². The van der Waals surface area contributed by atoms with Gasteiger partial charge in [-0.15, -0.1) is 0 Å². The number of rotatable bonds is 20. The number of hydrogen-bond acceptors (Lipinski definition) is 14. The predicted octanol–water partition coefficient (Wildman–Crippen LogP) is 5.21. The lowest BCUT2D eigenvalue weighted by Crippen LogP contribution is -2.62. The van der Waals surface area contributed by atoms with E-state index in [9.17, 15) is 19.5 Å². The Bertz CT molecular complexity index is 1900. The summed E-state index contributed by atoms with van der Waals surface area (Å²) in [5, 5.41) is 11.0. The predicted molar refractivity (Wildman–Crippen MR) is 213 cm³/mol. The highest BCUT2D eigenvalue weighted by Gasteiger charge is 2.54. The van der Waals surface area contributed by atoms with Gasteiger partial charge in [0.05, 0.1) is 39.6 Å². The van der Waals surface area contributed by atoms with Gasteiger partial charge in [0.1, 0.15) is 30.5 Å². The second-order valence-electron chi connectivity index (χ2n) is 14.4. The molecule has 14 nitrogen and oxygen atoms in total. The SMILES string of the molecule is CC(=O)O[C@@H]1[C@@H](OC(C)=O)[C@@H](O)O[C@H](COC2O[C@H]([C@@H](COCc3ccccc3)OCc3ccccc3)[C@H](OCc3ccccc3)[C@@H]2OCc2ccccc2)[C@H]1OC(C)=O. The van der Waals surface area contributed by atoms with Crippen molar-refractivity contribution in [1.82, 2.24) is 0 Å². The van der Waals surface area contributed by atoms with Gasteiger partial charge in [-0.2, -0.15) is 0 Å². The Kier molecular flexibility index (Phi) is 16.7. The van der Waals surface area contributed by atoms with Crippen molar-refractivity contribution in [2.75, 3.05) is 13.2 Å². The third-order valence-corrected chi connectivity index (χ3v) is 9.78. The van der Waals surface area contributed by atoms with Crippen LogP contribution in [0.25, 0.3) is 0 Å². The average molecular weight is 829 g/mol. The molecule has 320 valence electrons. The van der Waals surface area contributed by atoms with Crippen LogP contribution in [-0.4, -0.2) is 97.6 Å². The summed E-state index contributed by atoms with van der Waals surface area (Å²) in [6, 6.07) is 38.8. The van der Waals surface area contributed by atoms with E-state index in [4.69, 9.17) is 47.4 Å². The Labute approximate surface area is 349 Å². The number of esters is 3. The summed E-state index contributed by atoms with van der Waals surface area (Å²) in [5.41, 5.74) is 3.72. The van der Waals surface area contributed by atoms with Gasteiger partial charge in [0, 0.05) is 20.8 Å². The van der Waals surface area contributed by atoms with Crippen LogP contribution >= 0.6 is 0 Å². The van der Waals surface area contributed by atoms with E-state index in [1.807, 2.05) is 121 Å². The molecular weight excluding hydrogens is 776 g/mol. The largest absolute Gasteiger partial charge is 0.456 e. The summed E-state index contributed by atoms with van der Waals surface area (Å²) in [6.45, 7) is 4.10. The molecule has 2 aliphatic rings. The molecule has 14 heteroatoms. The Morgan fingerprint density at radius 3 is 1.50 bits per heavy atom. The zero-order chi connectivity index (χ0) is 42.3. The molecule has 2 fully saturated rings. The molecular formula is C46H52O14. The Morgan fingerprint density at radius 2 is 0.983 bits per heavy atom. The molecule has 0 amide bonds. The fourth-order valence-corrected chi connectivity index (χ4v) is 7.06. The molecule has 0 aliphatic carbocycles. The lowest BCUT2D eigenvalue weighted by atomic mass is 9.98. The number of aliphatic hydroxyl groups excluding tert-OH is 1. The van der Waals surface area contributed by atoms with Gasteiger partial charge in [-0.1, -0.05) is 121 Å². The number of aliphatic hydroxyl groups is 1. The van der Waals surface area contributed by atoms with E-state index in [0.29, 0.717) is 6.61 Å². The molecule has 60 heavy (non-hydrogen) atoms. The van der Waals surface area contributed by atoms with Crippen molar-refractivity contribution in [2.24, 2.45) is 0 Å². The Hall–Kier alpha value is -5.03. The lowest BCUT2D eigenvalue weighted by Gasteiger charge is -2.43. The zero-order valence-corrected chi connectivity index (χ0v) is 33.8. The number of benzene rings is 4. The molecule has 2 saturated heterocycles. The average Bonchev–Trinajstić information content (AvgIpc) is 3.59. The first kappa shape index (κ1) is 44.5. The molecule has 0 saturated carbocycles. The van der Waals surface area contributed by atoms with E-state index < -0.39 is 79.3 Å². The van der Waals surface area contributed by atoms with Gasteiger partial charge in [0.15, 0.2) is 30.9 Å². The molecule has 2 heterocycles. The van der Waals surface area contributed by atoms with Gasteiger partial charge in [-0.3, -0.25) is 14.4 Å². The molecule has 2 aliphatic heterocycles. The summed E-state index contributed by atoms with van der Waals surface area (Å²) in [4.78, 5) is 36.7. The van der Waals surface area contributed by atoms with Gasteiger partial charge in [0.2, 0.25) is 0 Å². The monoisotopic (exact) mass is 828 g/mol. The van der Waals surface area contributed by atoms with Crippen LogP contribution in [0.1, 0.15) is 43.0 Å². The maximum absolute atomic E-state index is 12.4. The summed E-state index contributed by atoms with van der Waals surface area (Å²) >= 11 is 0. The van der Waals surface area contributed by atoms with Gasteiger partial charge in [-0.05, 0) is 22.3 Å². The molecule has 0 spiro atoms. The Balaban J connectivity index is 1.31. The van der Waals surface area contributed by atoms with Crippen LogP contribution in [0.15, 0.2) is 121 Å². The van der Waals surface area contributed by atoms with Crippen molar-refractivity contribution >= 4 is 17.9 Å². The van der Waals surface area contributed by atoms with Crippen molar-refractivity contribution < 1.29 is 66.9 Å². The number of ether oxygens (including phenoxy) is 10. The summed E-state index contributed by atoms with van der Waals surface area (Å²) in [5.74, 6) is -2.29. The lowest BCUT2D eigenvalue weighted by molar-refractivity contribution is -0.305. The van der Waals surface area contributed by atoms with E-state index in [2.05, 4.69) is 0 Å². The maximum Gasteiger partial charge on any atom is 0.303 e. The standard InChI is InChI=1S/C46H52O14/c1-30(47)56-40-38(59-45(50)43(58-32(3)49)42(40)57-31(2)48)29-55-46-44(54-27-36-22-14-7-15-23-36)41(53-26-35-20-12-6-13-21-35)39(60-46)37(52-25-34-18-10-5-11-19-34)28-51-24-33-16-8-4-9-17-33/h4-23,37-46,50H,24-29H2,1-3H3/t37-,38-,39-,40-,41+,42+,43-,44+,45+,46?/m1/s1. The summed E-state index contributed by atoms with van der Waals surface area (Å²) < 4.78 is 61.7. The molecule has 4 aromatic rings. The van der Waals surface area contributed by atoms with Gasteiger partial charge >= 0.3 is 17.9 Å². The van der Waals surface area contributed by atoms with Crippen molar-refractivity contribution in [3.63, 3.8) is 0 Å². The molecule has 6 rings (SSSR count). The van der Waals surface area contributed by atoms with E-state index in [0.717, 1.165) is 43.0 Å². The molecule has 0 bridgehead atoms. The first-order chi connectivity index (χ1) is 29.1. The van der Waals surface area contributed by atoms with Crippen LogP contribution in [0.5, 0.6) is 0 Å². The fraction of sp³-hybridized carbons (Fsp3) is 0.413. The maximum atomic E-state index is 12.4. The van der Waals surface area contributed by atoms with E-state index in [-0.39, 0.29) is 33.0 Å². The highest BCUT2D eigenvalue weighted by molar-refractivity contribution is 5.68. The van der Waals surface area contributed by atoms with Crippen LogP contribution < -0.4 is 0 Å². The van der Waals surface area contributed by atoms with E-state index >= 15 is 0 Å². The second-order valence-corrected chi connectivity index (χ2v) is 14.4. The zero-order valence-electron chi connectivity index (χ0n) is 33.8. The van der Waals surface area contributed by atoms with Crippen molar-refractivity contribution in [3.8, 4) is 0 Å². The van der Waals surface area contributed by atoms with E-state index in [1.165, 1.54) is 0 Å². The number of carbonyl (C=O) groups is 3. The highest BCUT2D eigenvalue weighted by Crippen LogP contribution is 2.35. The quantitative estimate of drug-likeness (QED) is 0.0912. The molecule has 4 aromatic carbocycles. The first-order valence-electron chi connectivity index (χ1n) is 19.8. The minimum absolute atomic E-state index is 0.115. The van der Waals surface area contributed by atoms with Crippen LogP contribution in [0, 0.1) is 0 Å². The van der Waals surface area contributed by atoms with Crippen LogP contribution in [0.3, 0.4) is 0 Å². The van der Waals surface area contributed by atoms with Crippen molar-refractivity contribution in [3.05, 3.63) is 144 Å². The first-order valence-corrected chi connectivity index (χ1v) is 19.8. The summed E-state index contributed by atoms with van der Waals surface area (Å²) in [7, 11) is 0. The molecule has 1 unspecified atom stereocenters. The van der Waals surface area contributed by atoms with Crippen LogP contribution in [0.2, 0.25) is 0 Å². The minimum Gasteiger partial charge on any atom is -0.456 e. The molecule has 0 radical (unpaired) electrons. The van der Waals surface area contributed by atoms with Crippen molar-refractivity contribution in [2.45, 2.75) is 109 Å². The van der Waals surface area contributed by atoms with Crippen molar-refractivity contribution in [1.29, 1.82) is 0 Å². The minimum atomic E-state index is -1.78. The Morgan fingerprint density at radius 1 is 0.533 bits per heavy atom. The fourth-order valence-electron chi connectivity index (χ4n) is 7.06. The highest BCUT2D eigenvalue weighted by atomic mass is 16.7. The number of hydrogen-bond donors (Lipinski definition) is 1. The topological polar surface area (TPSA) is 164 Å². The van der Waals surface area contributed by atoms with E-state index in [1.54, 1.807) is 0 Å². The van der Waals surface area contributed by atoms with Crippen LogP contribution in [0.4, 0.5) is 0 Å². The van der Waals surface area contributed by atoms with Gasteiger partial charge < -0.3 is 52.5 Å². The molecule has 1 N–H and O–H groups in total. The van der Waals surface area contributed by atoms with Crippen LogP contribution in [-0.2, 0) is 88.2 Å². The summed E-state index contributed by atoms with van der Waals surface area (Å²) in [6.07, 6.45) is -11.6.